The van der Waals surface area contributed by atoms with Gasteiger partial charge in [0.2, 0.25) is 0 Å². The molecule has 4 aromatic rings. The highest BCUT2D eigenvalue weighted by molar-refractivity contribution is 7.71. The number of para-hydroxylation sites is 1. The largest absolute Gasteiger partial charge is 0.489 e. The highest BCUT2D eigenvalue weighted by Gasteiger charge is 2.15. The summed E-state index contributed by atoms with van der Waals surface area (Å²) in [6.07, 6.45) is -0.630. The van der Waals surface area contributed by atoms with E-state index < -0.39 is 6.10 Å². The third-order valence-electron chi connectivity index (χ3n) is 4.91. The summed E-state index contributed by atoms with van der Waals surface area (Å²) < 4.78 is 6.48. The second-order valence-electron chi connectivity index (χ2n) is 7.36. The number of aliphatic hydroxyl groups is 1. The molecular formula is C24H25N3O2S. The Morgan fingerprint density at radius 3 is 2.10 bits per heavy atom. The summed E-state index contributed by atoms with van der Waals surface area (Å²) in [5.74, 6) is 0.677. The van der Waals surface area contributed by atoms with E-state index in [0.29, 0.717) is 17.1 Å². The Morgan fingerprint density at radius 2 is 1.47 bits per heavy atom. The van der Waals surface area contributed by atoms with Crippen LogP contribution >= 0.6 is 12.2 Å². The van der Waals surface area contributed by atoms with Crippen LogP contribution in [-0.2, 0) is 13.1 Å². The molecule has 3 N–H and O–H groups in total. The average molecular weight is 420 g/mol. The highest BCUT2D eigenvalue weighted by atomic mass is 32.1. The van der Waals surface area contributed by atoms with Crippen molar-refractivity contribution in [2.45, 2.75) is 19.2 Å². The predicted molar refractivity (Wildman–Crippen MR) is 122 cm³/mol. The van der Waals surface area contributed by atoms with Crippen LogP contribution in [0.3, 0.4) is 0 Å². The van der Waals surface area contributed by atoms with E-state index in [4.69, 9.17) is 17.0 Å². The van der Waals surface area contributed by atoms with Crippen molar-refractivity contribution >= 4 is 23.3 Å². The molecule has 1 aromatic heterocycles. The van der Waals surface area contributed by atoms with Crippen LogP contribution in [0.4, 0.5) is 0 Å². The second kappa shape index (κ2) is 9.71. The minimum Gasteiger partial charge on any atom is -0.489 e. The fourth-order valence-corrected chi connectivity index (χ4v) is 3.77. The number of nitrogens with zero attached hydrogens (tertiary/aromatic N) is 1. The van der Waals surface area contributed by atoms with E-state index in [-0.39, 0.29) is 6.61 Å². The molecular weight excluding hydrogens is 394 g/mol. The molecule has 0 aliphatic heterocycles. The van der Waals surface area contributed by atoms with Crippen LogP contribution in [0.1, 0.15) is 11.1 Å². The van der Waals surface area contributed by atoms with E-state index in [0.717, 1.165) is 24.1 Å². The molecule has 30 heavy (non-hydrogen) atoms. The molecule has 6 heteroatoms. The van der Waals surface area contributed by atoms with Gasteiger partial charge in [-0.05, 0) is 35.5 Å². The molecule has 0 unspecified atom stereocenters. The number of H-pyrrole nitrogens is 2. The Labute approximate surface area is 181 Å². The monoisotopic (exact) mass is 419 g/mol. The summed E-state index contributed by atoms with van der Waals surface area (Å²) in [5.41, 5.74) is 4.14. The predicted octanol–water partition coefficient (Wildman–Crippen LogP) is 4.67. The van der Waals surface area contributed by atoms with Gasteiger partial charge < -0.3 is 19.8 Å². The maximum Gasteiger partial charge on any atom is 0.175 e. The van der Waals surface area contributed by atoms with Gasteiger partial charge in [0.25, 0.3) is 0 Å². The highest BCUT2D eigenvalue weighted by Crippen LogP contribution is 2.23. The van der Waals surface area contributed by atoms with Gasteiger partial charge in [-0.15, -0.1) is 0 Å². The zero-order valence-corrected chi connectivity index (χ0v) is 17.4. The summed E-state index contributed by atoms with van der Waals surface area (Å²) in [5, 5.41) is 10.7. The van der Waals surface area contributed by atoms with Crippen LogP contribution in [0.25, 0.3) is 11.0 Å². The molecule has 4 rings (SSSR count). The van der Waals surface area contributed by atoms with Crippen molar-refractivity contribution in [3.63, 3.8) is 0 Å². The maximum atomic E-state index is 10.7. The minimum absolute atomic E-state index is 0.199. The van der Waals surface area contributed by atoms with Gasteiger partial charge in [0.15, 0.2) is 4.77 Å². The van der Waals surface area contributed by atoms with Crippen molar-refractivity contribution in [2.24, 2.45) is 0 Å². The van der Waals surface area contributed by atoms with Crippen LogP contribution in [0, 0.1) is 4.77 Å². The quantitative estimate of drug-likeness (QED) is 0.345. The van der Waals surface area contributed by atoms with Crippen molar-refractivity contribution in [1.29, 1.82) is 0 Å². The van der Waals surface area contributed by atoms with Gasteiger partial charge >= 0.3 is 0 Å². The van der Waals surface area contributed by atoms with Crippen LogP contribution in [-0.4, -0.2) is 39.2 Å². The SMILES string of the molecule is O[C@@H](COc1cccc2[nH]c(=S)[nH]c12)CN(Cc1ccccc1)Cc1ccccc1. The third-order valence-corrected chi connectivity index (χ3v) is 5.12. The first-order valence-corrected chi connectivity index (χ1v) is 10.4. The van der Waals surface area contributed by atoms with Crippen molar-refractivity contribution < 1.29 is 9.84 Å². The van der Waals surface area contributed by atoms with Crippen LogP contribution in [0.5, 0.6) is 5.75 Å². The van der Waals surface area contributed by atoms with Crippen molar-refractivity contribution in [3.8, 4) is 5.75 Å². The number of hydrogen-bond donors (Lipinski definition) is 3. The fraction of sp³-hybridized carbons (Fsp3) is 0.208. The van der Waals surface area contributed by atoms with Crippen LogP contribution < -0.4 is 4.74 Å². The number of fused-ring (bicyclic) bond motifs is 1. The molecule has 154 valence electrons. The number of benzene rings is 3. The Kier molecular flexibility index (Phi) is 6.59. The molecule has 5 nitrogen and oxygen atoms in total. The topological polar surface area (TPSA) is 64.3 Å². The molecule has 1 atom stereocenters. The summed E-state index contributed by atoms with van der Waals surface area (Å²) in [6.45, 7) is 2.22. The van der Waals surface area contributed by atoms with Gasteiger partial charge in [-0.1, -0.05) is 66.7 Å². The Hall–Kier alpha value is -2.93. The molecule has 0 aliphatic rings. The molecule has 0 spiro atoms. The number of hydrogen-bond acceptors (Lipinski definition) is 4. The number of aromatic nitrogens is 2. The molecule has 0 saturated heterocycles. The smallest absolute Gasteiger partial charge is 0.175 e. The number of aliphatic hydroxyl groups excluding tert-OH is 1. The normalized spacial score (nSPS) is 12.3. The van der Waals surface area contributed by atoms with E-state index in [9.17, 15) is 5.11 Å². The van der Waals surface area contributed by atoms with Crippen molar-refractivity contribution in [3.05, 3.63) is 94.8 Å². The Balaban J connectivity index is 1.42. The molecule has 1 heterocycles. The molecule has 0 aliphatic carbocycles. The van der Waals surface area contributed by atoms with E-state index in [1.807, 2.05) is 54.6 Å². The lowest BCUT2D eigenvalue weighted by molar-refractivity contribution is 0.0633. The van der Waals surface area contributed by atoms with E-state index in [1.54, 1.807) is 0 Å². The van der Waals surface area contributed by atoms with Crippen molar-refractivity contribution in [1.82, 2.24) is 14.9 Å². The van der Waals surface area contributed by atoms with Gasteiger partial charge in [0.1, 0.15) is 24.0 Å². The average Bonchev–Trinajstić information content (AvgIpc) is 3.14. The lowest BCUT2D eigenvalue weighted by atomic mass is 10.1. The lowest BCUT2D eigenvalue weighted by Crippen LogP contribution is -2.35. The van der Waals surface area contributed by atoms with E-state index in [1.165, 1.54) is 11.1 Å². The summed E-state index contributed by atoms with van der Waals surface area (Å²) in [7, 11) is 0. The zero-order valence-electron chi connectivity index (χ0n) is 16.6. The summed E-state index contributed by atoms with van der Waals surface area (Å²) >= 11 is 5.17. The minimum atomic E-state index is -0.630. The first-order valence-electron chi connectivity index (χ1n) is 9.99. The Bertz CT molecular complexity index is 1080. The van der Waals surface area contributed by atoms with Gasteiger partial charge in [-0.3, -0.25) is 4.90 Å². The molecule has 0 saturated carbocycles. The third kappa shape index (κ3) is 5.36. The first-order chi connectivity index (χ1) is 14.7. The molecule has 0 radical (unpaired) electrons. The molecule has 0 bridgehead atoms. The van der Waals surface area contributed by atoms with E-state index >= 15 is 0 Å². The summed E-state index contributed by atoms with van der Waals surface area (Å²) in [6, 6.07) is 26.3. The lowest BCUT2D eigenvalue weighted by Gasteiger charge is -2.25. The maximum absolute atomic E-state index is 10.7. The van der Waals surface area contributed by atoms with Crippen LogP contribution in [0.15, 0.2) is 78.9 Å². The van der Waals surface area contributed by atoms with Gasteiger partial charge in [0.05, 0.1) is 5.52 Å². The Morgan fingerprint density at radius 1 is 0.833 bits per heavy atom. The fourth-order valence-electron chi connectivity index (χ4n) is 3.56. The zero-order chi connectivity index (χ0) is 20.8. The number of aromatic amines is 2. The first kappa shape index (κ1) is 20.3. The molecule has 0 fully saturated rings. The van der Waals surface area contributed by atoms with Gasteiger partial charge in [-0.25, -0.2) is 0 Å². The standard InChI is InChI=1S/C24H25N3O2S/c28-20(17-29-22-13-7-12-21-23(22)26-24(30)25-21)16-27(14-18-8-3-1-4-9-18)15-19-10-5-2-6-11-19/h1-13,20,28H,14-17H2,(H2,25,26,30)/t20-/m1/s1. The number of nitrogens with one attached hydrogen (secondary N) is 2. The van der Waals surface area contributed by atoms with Crippen LogP contribution in [0.2, 0.25) is 0 Å². The van der Waals surface area contributed by atoms with Crippen molar-refractivity contribution in [2.75, 3.05) is 13.2 Å². The van der Waals surface area contributed by atoms with E-state index in [2.05, 4.69) is 39.1 Å². The molecule has 0 amide bonds. The number of imidazole rings is 1. The number of ether oxygens (including phenoxy) is 1. The van der Waals surface area contributed by atoms with Gasteiger partial charge in [0, 0.05) is 19.6 Å². The summed E-state index contributed by atoms with van der Waals surface area (Å²) in [4.78, 5) is 8.42. The molecule has 3 aromatic carbocycles. The van der Waals surface area contributed by atoms with Gasteiger partial charge in [-0.2, -0.15) is 0 Å². The number of rotatable bonds is 9. The second-order valence-corrected chi connectivity index (χ2v) is 7.77.